The third-order valence-electron chi connectivity index (χ3n) is 3.00. The lowest BCUT2D eigenvalue weighted by Gasteiger charge is -2.13. The monoisotopic (exact) mass is 368 g/mol. The van der Waals surface area contributed by atoms with Crippen LogP contribution in [0.2, 0.25) is 0 Å². The van der Waals surface area contributed by atoms with Gasteiger partial charge in [0.15, 0.2) is 0 Å². The van der Waals surface area contributed by atoms with Gasteiger partial charge in [0.1, 0.15) is 0 Å². The Bertz CT molecular complexity index is 750. The van der Waals surface area contributed by atoms with Crippen LogP contribution in [0.5, 0.6) is 0 Å². The molecule has 6 heteroatoms. The molecular weight excluding hydrogens is 352 g/mol. The first-order valence-electron chi connectivity index (χ1n) is 6.38. The van der Waals surface area contributed by atoms with E-state index in [9.17, 15) is 8.42 Å². The van der Waals surface area contributed by atoms with E-state index in [1.54, 1.807) is 24.3 Å². The van der Waals surface area contributed by atoms with Gasteiger partial charge >= 0.3 is 0 Å². The molecule has 2 aromatic carbocycles. The number of hydrogen-bond acceptors (Lipinski definition) is 3. The van der Waals surface area contributed by atoms with E-state index in [2.05, 4.69) is 20.7 Å². The highest BCUT2D eigenvalue weighted by Gasteiger charge is 2.15. The van der Waals surface area contributed by atoms with Crippen LogP contribution in [0, 0.1) is 13.8 Å². The van der Waals surface area contributed by atoms with E-state index < -0.39 is 10.0 Å². The number of nitrogens with two attached hydrogens (primary N) is 1. The van der Waals surface area contributed by atoms with Crippen molar-refractivity contribution in [3.05, 3.63) is 57.6 Å². The van der Waals surface area contributed by atoms with Gasteiger partial charge in [-0.15, -0.1) is 0 Å². The number of rotatable bonds is 4. The van der Waals surface area contributed by atoms with Crippen LogP contribution in [0.1, 0.15) is 16.7 Å². The van der Waals surface area contributed by atoms with Gasteiger partial charge in [0.25, 0.3) is 0 Å². The minimum absolute atomic E-state index is 0.113. The molecule has 0 aliphatic rings. The van der Waals surface area contributed by atoms with E-state index >= 15 is 0 Å². The Hall–Kier alpha value is -1.53. The van der Waals surface area contributed by atoms with Gasteiger partial charge in [0.05, 0.1) is 11.4 Å². The van der Waals surface area contributed by atoms with E-state index in [1.807, 2.05) is 26.0 Å². The minimum Gasteiger partial charge on any atom is -0.399 e. The van der Waals surface area contributed by atoms with Crippen LogP contribution in [0.4, 0.5) is 11.4 Å². The zero-order valence-corrected chi connectivity index (χ0v) is 14.3. The Kier molecular flexibility index (Phi) is 4.58. The lowest BCUT2D eigenvalue weighted by Crippen LogP contribution is -2.16. The highest BCUT2D eigenvalue weighted by Crippen LogP contribution is 2.29. The Morgan fingerprint density at radius 2 is 1.90 bits per heavy atom. The van der Waals surface area contributed by atoms with E-state index in [0.717, 1.165) is 15.6 Å². The number of nitrogen functional groups attached to an aromatic ring is 1. The molecule has 0 amide bonds. The molecule has 0 fully saturated rings. The average molecular weight is 369 g/mol. The van der Waals surface area contributed by atoms with Crippen molar-refractivity contribution in [1.82, 2.24) is 0 Å². The maximum atomic E-state index is 12.3. The lowest BCUT2D eigenvalue weighted by molar-refractivity contribution is 0.600. The number of anilines is 2. The van der Waals surface area contributed by atoms with E-state index in [4.69, 9.17) is 5.73 Å². The third kappa shape index (κ3) is 4.22. The molecular formula is C15H17BrN2O2S. The molecule has 0 bridgehead atoms. The summed E-state index contributed by atoms with van der Waals surface area (Å²) in [5.41, 5.74) is 9.39. The summed E-state index contributed by atoms with van der Waals surface area (Å²) in [5.74, 6) is -0.113. The fraction of sp³-hybridized carbons (Fsp3) is 0.200. The summed E-state index contributed by atoms with van der Waals surface area (Å²) in [6.45, 7) is 3.83. The van der Waals surface area contributed by atoms with Crippen LogP contribution in [-0.4, -0.2) is 8.42 Å². The maximum absolute atomic E-state index is 12.3. The van der Waals surface area contributed by atoms with E-state index in [0.29, 0.717) is 16.9 Å². The molecule has 21 heavy (non-hydrogen) atoms. The molecule has 0 heterocycles. The predicted octanol–water partition coefficient (Wildman–Crippen LogP) is 3.59. The Morgan fingerprint density at radius 3 is 2.52 bits per heavy atom. The zero-order chi connectivity index (χ0) is 15.6. The van der Waals surface area contributed by atoms with E-state index in [-0.39, 0.29) is 5.75 Å². The Morgan fingerprint density at radius 1 is 1.19 bits per heavy atom. The molecule has 0 aliphatic carbocycles. The second-order valence-electron chi connectivity index (χ2n) is 5.04. The molecule has 0 saturated carbocycles. The van der Waals surface area contributed by atoms with Crippen molar-refractivity contribution in [3.63, 3.8) is 0 Å². The molecule has 0 atom stereocenters. The largest absolute Gasteiger partial charge is 0.399 e. The fourth-order valence-corrected chi connectivity index (χ4v) is 4.32. The molecule has 3 N–H and O–H groups in total. The average Bonchev–Trinajstić information content (AvgIpc) is 2.33. The molecule has 2 aromatic rings. The normalized spacial score (nSPS) is 11.4. The van der Waals surface area contributed by atoms with Gasteiger partial charge in [0.2, 0.25) is 10.0 Å². The summed E-state index contributed by atoms with van der Waals surface area (Å²) >= 11 is 3.40. The van der Waals surface area contributed by atoms with Crippen molar-refractivity contribution in [2.24, 2.45) is 0 Å². The number of benzene rings is 2. The van der Waals surface area contributed by atoms with Gasteiger partial charge < -0.3 is 5.73 Å². The number of nitrogens with one attached hydrogen (secondary N) is 1. The first-order chi connectivity index (χ1) is 9.77. The molecule has 112 valence electrons. The summed E-state index contributed by atoms with van der Waals surface area (Å²) in [7, 11) is -3.50. The molecule has 0 saturated heterocycles. The van der Waals surface area contributed by atoms with Gasteiger partial charge in [-0.05, 0) is 64.7 Å². The van der Waals surface area contributed by atoms with Crippen molar-refractivity contribution in [3.8, 4) is 0 Å². The topological polar surface area (TPSA) is 72.2 Å². The van der Waals surface area contributed by atoms with Gasteiger partial charge in [-0.2, -0.15) is 0 Å². The molecule has 0 aromatic heterocycles. The highest BCUT2D eigenvalue weighted by molar-refractivity contribution is 9.10. The Labute approximate surface area is 133 Å². The maximum Gasteiger partial charge on any atom is 0.236 e. The van der Waals surface area contributed by atoms with Gasteiger partial charge in [0, 0.05) is 10.2 Å². The fourth-order valence-electron chi connectivity index (χ4n) is 2.14. The quantitative estimate of drug-likeness (QED) is 0.809. The molecule has 0 aliphatic heterocycles. The SMILES string of the molecule is Cc1cc(C)c(NS(=O)(=O)Cc2cccc(N)c2)c(Br)c1. The van der Waals surface area contributed by atoms with Crippen LogP contribution in [0.15, 0.2) is 40.9 Å². The minimum atomic E-state index is -3.50. The molecule has 0 radical (unpaired) electrons. The van der Waals surface area contributed by atoms with Crippen LogP contribution in [-0.2, 0) is 15.8 Å². The standard InChI is InChI=1S/C15H17BrN2O2S/c1-10-6-11(2)15(14(16)7-10)18-21(19,20)9-12-4-3-5-13(17)8-12/h3-8,18H,9,17H2,1-2H3. The molecule has 2 rings (SSSR count). The second-order valence-corrected chi connectivity index (χ2v) is 7.62. The van der Waals surface area contributed by atoms with E-state index in [1.165, 1.54) is 0 Å². The van der Waals surface area contributed by atoms with Crippen LogP contribution >= 0.6 is 15.9 Å². The van der Waals surface area contributed by atoms with Crippen LogP contribution in [0.25, 0.3) is 0 Å². The predicted molar refractivity (Wildman–Crippen MR) is 90.7 cm³/mol. The summed E-state index contributed by atoms with van der Waals surface area (Å²) < 4.78 is 28.0. The first-order valence-corrected chi connectivity index (χ1v) is 8.83. The number of hydrogen-bond donors (Lipinski definition) is 2. The number of aryl methyl sites for hydroxylation is 2. The number of sulfonamides is 1. The van der Waals surface area contributed by atoms with Gasteiger partial charge in [-0.3, -0.25) is 4.72 Å². The van der Waals surface area contributed by atoms with Crippen LogP contribution in [0.3, 0.4) is 0 Å². The van der Waals surface area contributed by atoms with Crippen LogP contribution < -0.4 is 10.5 Å². The molecule has 0 spiro atoms. The second kappa shape index (κ2) is 6.07. The Balaban J connectivity index is 2.26. The summed E-state index contributed by atoms with van der Waals surface area (Å²) in [6, 6.07) is 10.7. The summed E-state index contributed by atoms with van der Waals surface area (Å²) in [6.07, 6.45) is 0. The third-order valence-corrected chi connectivity index (χ3v) is 4.85. The lowest BCUT2D eigenvalue weighted by atomic mass is 10.1. The summed E-state index contributed by atoms with van der Waals surface area (Å²) in [5, 5.41) is 0. The van der Waals surface area contributed by atoms with Crippen molar-refractivity contribution in [2.45, 2.75) is 19.6 Å². The molecule has 4 nitrogen and oxygen atoms in total. The van der Waals surface area contributed by atoms with Crippen molar-refractivity contribution < 1.29 is 8.42 Å². The smallest absolute Gasteiger partial charge is 0.236 e. The zero-order valence-electron chi connectivity index (χ0n) is 11.9. The summed E-state index contributed by atoms with van der Waals surface area (Å²) in [4.78, 5) is 0. The first kappa shape index (κ1) is 15.9. The highest BCUT2D eigenvalue weighted by atomic mass is 79.9. The van der Waals surface area contributed by atoms with Gasteiger partial charge in [-0.1, -0.05) is 18.2 Å². The van der Waals surface area contributed by atoms with Crippen molar-refractivity contribution in [1.29, 1.82) is 0 Å². The van der Waals surface area contributed by atoms with Gasteiger partial charge in [-0.25, -0.2) is 8.42 Å². The number of halogens is 1. The molecule has 0 unspecified atom stereocenters. The van der Waals surface area contributed by atoms with Crippen molar-refractivity contribution >= 4 is 37.3 Å². The van der Waals surface area contributed by atoms with Crippen molar-refractivity contribution in [2.75, 3.05) is 10.5 Å².